The molecule has 0 radical (unpaired) electrons. The number of imidazole rings is 1. The number of benzene rings is 1. The van der Waals surface area contributed by atoms with Gasteiger partial charge in [-0.15, -0.1) is 0 Å². The van der Waals surface area contributed by atoms with E-state index in [0.717, 1.165) is 11.4 Å². The van der Waals surface area contributed by atoms with Crippen LogP contribution >= 0.6 is 0 Å². The SMILES string of the molecule is COc1ccc(C)cc1S(=O)(=O)NCCCc1ncc[nH]1. The molecular formula is C14H19N3O3S. The normalized spacial score (nSPS) is 11.5. The van der Waals surface area contributed by atoms with E-state index < -0.39 is 10.0 Å². The molecule has 0 aliphatic rings. The van der Waals surface area contributed by atoms with Crippen molar-refractivity contribution in [3.8, 4) is 5.75 Å². The molecule has 0 aliphatic heterocycles. The number of H-pyrrole nitrogens is 1. The number of aromatic nitrogens is 2. The van der Waals surface area contributed by atoms with Crippen molar-refractivity contribution >= 4 is 10.0 Å². The maximum atomic E-state index is 12.3. The average molecular weight is 309 g/mol. The summed E-state index contributed by atoms with van der Waals surface area (Å²) in [7, 11) is -2.11. The van der Waals surface area contributed by atoms with Gasteiger partial charge in [-0.05, 0) is 31.0 Å². The van der Waals surface area contributed by atoms with Gasteiger partial charge in [0.1, 0.15) is 16.5 Å². The maximum Gasteiger partial charge on any atom is 0.244 e. The molecule has 0 spiro atoms. The second-order valence-electron chi connectivity index (χ2n) is 4.69. The minimum Gasteiger partial charge on any atom is -0.495 e. The molecule has 2 aromatic rings. The first kappa shape index (κ1) is 15.5. The standard InChI is InChI=1S/C14H19N3O3S/c1-11-5-6-12(20-2)13(10-11)21(18,19)17-7-3-4-14-15-8-9-16-14/h5-6,8-10,17H,3-4,7H2,1-2H3,(H,15,16). The lowest BCUT2D eigenvalue weighted by molar-refractivity contribution is 0.402. The van der Waals surface area contributed by atoms with E-state index >= 15 is 0 Å². The molecule has 0 saturated heterocycles. The monoisotopic (exact) mass is 309 g/mol. The molecule has 2 N–H and O–H groups in total. The van der Waals surface area contributed by atoms with Gasteiger partial charge in [0.05, 0.1) is 7.11 Å². The highest BCUT2D eigenvalue weighted by molar-refractivity contribution is 7.89. The third kappa shape index (κ3) is 4.05. The van der Waals surface area contributed by atoms with Crippen molar-refractivity contribution in [3.05, 3.63) is 42.0 Å². The van der Waals surface area contributed by atoms with Crippen molar-refractivity contribution in [1.82, 2.24) is 14.7 Å². The summed E-state index contributed by atoms with van der Waals surface area (Å²) in [5.41, 5.74) is 0.867. The highest BCUT2D eigenvalue weighted by atomic mass is 32.2. The molecule has 0 unspecified atom stereocenters. The van der Waals surface area contributed by atoms with E-state index in [0.29, 0.717) is 25.1 Å². The summed E-state index contributed by atoms with van der Waals surface area (Å²) in [6, 6.07) is 5.08. The lowest BCUT2D eigenvalue weighted by atomic mass is 10.2. The van der Waals surface area contributed by atoms with Crippen molar-refractivity contribution in [2.75, 3.05) is 13.7 Å². The number of hydrogen-bond acceptors (Lipinski definition) is 4. The van der Waals surface area contributed by atoms with Gasteiger partial charge in [-0.1, -0.05) is 6.07 Å². The Bertz CT molecular complexity index is 681. The third-order valence-electron chi connectivity index (χ3n) is 3.05. The Balaban J connectivity index is 1.99. The van der Waals surface area contributed by atoms with Gasteiger partial charge in [-0.2, -0.15) is 0 Å². The molecule has 114 valence electrons. The number of rotatable bonds is 7. The molecule has 1 aromatic carbocycles. The van der Waals surface area contributed by atoms with Crippen LogP contribution in [0.5, 0.6) is 5.75 Å². The minimum atomic E-state index is -3.57. The molecule has 0 atom stereocenters. The molecule has 6 nitrogen and oxygen atoms in total. The smallest absolute Gasteiger partial charge is 0.244 e. The average Bonchev–Trinajstić information content (AvgIpc) is 2.97. The van der Waals surface area contributed by atoms with Crippen LogP contribution in [0.3, 0.4) is 0 Å². The van der Waals surface area contributed by atoms with Gasteiger partial charge in [0.15, 0.2) is 0 Å². The summed E-state index contributed by atoms with van der Waals surface area (Å²) >= 11 is 0. The summed E-state index contributed by atoms with van der Waals surface area (Å²) in [4.78, 5) is 7.25. The fraction of sp³-hybridized carbons (Fsp3) is 0.357. The van der Waals surface area contributed by atoms with Crippen LogP contribution in [-0.2, 0) is 16.4 Å². The van der Waals surface area contributed by atoms with Gasteiger partial charge in [0.2, 0.25) is 10.0 Å². The Morgan fingerprint density at radius 3 is 2.86 bits per heavy atom. The summed E-state index contributed by atoms with van der Waals surface area (Å²) in [5, 5.41) is 0. The molecule has 0 aliphatic carbocycles. The lowest BCUT2D eigenvalue weighted by Crippen LogP contribution is -2.25. The number of nitrogens with zero attached hydrogens (tertiary/aromatic N) is 1. The number of aryl methyl sites for hydroxylation is 2. The summed E-state index contributed by atoms with van der Waals surface area (Å²) in [6.45, 7) is 2.19. The zero-order valence-electron chi connectivity index (χ0n) is 12.1. The predicted octanol–water partition coefficient (Wildman–Crippen LogP) is 1.64. The number of nitrogens with one attached hydrogen (secondary N) is 2. The van der Waals surface area contributed by atoms with Crippen molar-refractivity contribution in [2.45, 2.75) is 24.7 Å². The topological polar surface area (TPSA) is 84.1 Å². The van der Waals surface area contributed by atoms with Crippen LogP contribution in [0.25, 0.3) is 0 Å². The van der Waals surface area contributed by atoms with Crippen molar-refractivity contribution in [1.29, 1.82) is 0 Å². The number of ether oxygens (including phenoxy) is 1. The maximum absolute atomic E-state index is 12.3. The van der Waals surface area contributed by atoms with E-state index in [2.05, 4.69) is 14.7 Å². The zero-order chi connectivity index (χ0) is 15.3. The Hall–Kier alpha value is -1.86. The van der Waals surface area contributed by atoms with Crippen LogP contribution < -0.4 is 9.46 Å². The zero-order valence-corrected chi connectivity index (χ0v) is 12.9. The van der Waals surface area contributed by atoms with E-state index in [1.807, 2.05) is 13.0 Å². The van der Waals surface area contributed by atoms with Crippen LogP contribution in [0.4, 0.5) is 0 Å². The van der Waals surface area contributed by atoms with E-state index in [9.17, 15) is 8.42 Å². The van der Waals surface area contributed by atoms with Crippen LogP contribution in [0.1, 0.15) is 17.8 Å². The Morgan fingerprint density at radius 1 is 1.38 bits per heavy atom. The van der Waals surface area contributed by atoms with Crippen LogP contribution in [-0.4, -0.2) is 32.0 Å². The van der Waals surface area contributed by atoms with Crippen molar-refractivity contribution < 1.29 is 13.2 Å². The number of methoxy groups -OCH3 is 1. The second-order valence-corrected chi connectivity index (χ2v) is 6.43. The number of aromatic amines is 1. The Kier molecular flexibility index (Phi) is 4.98. The lowest BCUT2D eigenvalue weighted by Gasteiger charge is -2.11. The van der Waals surface area contributed by atoms with Crippen LogP contribution in [0.15, 0.2) is 35.5 Å². The van der Waals surface area contributed by atoms with Crippen LogP contribution in [0.2, 0.25) is 0 Å². The molecule has 0 bridgehead atoms. The van der Waals surface area contributed by atoms with E-state index in [1.54, 1.807) is 24.5 Å². The van der Waals surface area contributed by atoms with Crippen molar-refractivity contribution in [3.63, 3.8) is 0 Å². The molecule has 0 saturated carbocycles. The highest BCUT2D eigenvalue weighted by Gasteiger charge is 2.19. The minimum absolute atomic E-state index is 0.169. The van der Waals surface area contributed by atoms with Gasteiger partial charge >= 0.3 is 0 Å². The molecule has 1 heterocycles. The fourth-order valence-electron chi connectivity index (χ4n) is 1.97. The first-order valence-corrected chi connectivity index (χ1v) is 8.14. The van der Waals surface area contributed by atoms with Gasteiger partial charge < -0.3 is 9.72 Å². The predicted molar refractivity (Wildman–Crippen MR) is 79.8 cm³/mol. The van der Waals surface area contributed by atoms with Gasteiger partial charge in [-0.25, -0.2) is 18.1 Å². The van der Waals surface area contributed by atoms with E-state index in [4.69, 9.17) is 4.74 Å². The van der Waals surface area contributed by atoms with Crippen molar-refractivity contribution in [2.24, 2.45) is 0 Å². The first-order valence-electron chi connectivity index (χ1n) is 6.65. The van der Waals surface area contributed by atoms with Crippen LogP contribution in [0, 0.1) is 6.92 Å². The molecule has 21 heavy (non-hydrogen) atoms. The second kappa shape index (κ2) is 6.73. The number of hydrogen-bond donors (Lipinski definition) is 2. The molecule has 1 aromatic heterocycles. The largest absolute Gasteiger partial charge is 0.495 e. The number of sulfonamides is 1. The quantitative estimate of drug-likeness (QED) is 0.762. The summed E-state index contributed by atoms with van der Waals surface area (Å²) < 4.78 is 32.3. The van der Waals surface area contributed by atoms with Gasteiger partial charge in [-0.3, -0.25) is 0 Å². The molecule has 0 amide bonds. The first-order chi connectivity index (χ1) is 10.0. The van der Waals surface area contributed by atoms with E-state index in [1.165, 1.54) is 7.11 Å². The van der Waals surface area contributed by atoms with Gasteiger partial charge in [0.25, 0.3) is 0 Å². The highest BCUT2D eigenvalue weighted by Crippen LogP contribution is 2.24. The third-order valence-corrected chi connectivity index (χ3v) is 4.53. The van der Waals surface area contributed by atoms with Gasteiger partial charge in [0, 0.05) is 25.4 Å². The molecular weight excluding hydrogens is 290 g/mol. The fourth-order valence-corrected chi connectivity index (χ4v) is 3.29. The molecule has 7 heteroatoms. The molecule has 2 rings (SSSR count). The summed E-state index contributed by atoms with van der Waals surface area (Å²) in [5.74, 6) is 1.20. The summed E-state index contributed by atoms with van der Waals surface area (Å²) in [6.07, 6.45) is 4.79. The Morgan fingerprint density at radius 2 is 2.19 bits per heavy atom. The Labute approximate surface area is 124 Å². The molecule has 0 fully saturated rings. The van der Waals surface area contributed by atoms with E-state index in [-0.39, 0.29) is 4.90 Å².